The third-order valence-corrected chi connectivity index (χ3v) is 2.60. The molecule has 0 spiro atoms. The molecule has 0 radical (unpaired) electrons. The number of nitrogens with zero attached hydrogens (tertiary/aromatic N) is 1. The van der Waals surface area contributed by atoms with E-state index in [1.165, 1.54) is 0 Å². The van der Waals surface area contributed by atoms with Gasteiger partial charge in [0.05, 0.1) is 11.1 Å². The number of aromatic nitrogens is 1. The van der Waals surface area contributed by atoms with Gasteiger partial charge in [0.2, 0.25) is 0 Å². The van der Waals surface area contributed by atoms with Gasteiger partial charge in [-0.15, -0.1) is 0 Å². The molecule has 1 aromatic heterocycles. The monoisotopic (exact) mass is 233 g/mol. The second-order valence-electron chi connectivity index (χ2n) is 3.60. The summed E-state index contributed by atoms with van der Waals surface area (Å²) in [6.07, 6.45) is 1.57. The second kappa shape index (κ2) is 5.10. The van der Waals surface area contributed by atoms with Crippen LogP contribution < -0.4 is 0 Å². The number of hydrogen-bond donors (Lipinski definition) is 1. The maximum Gasteiger partial charge on any atom is 0.0845 e. The van der Waals surface area contributed by atoms with Gasteiger partial charge in [0.1, 0.15) is 0 Å². The third kappa shape index (κ3) is 2.81. The first kappa shape index (κ1) is 11.1. The van der Waals surface area contributed by atoms with E-state index in [-0.39, 0.29) is 0 Å². The summed E-state index contributed by atoms with van der Waals surface area (Å²) in [4.78, 5) is 4.15. The van der Waals surface area contributed by atoms with Gasteiger partial charge < -0.3 is 5.11 Å². The Balaban J connectivity index is 2.08. The SMILES string of the molecule is OC(Cc1ccc(Cl)cn1)c1ccccc1. The van der Waals surface area contributed by atoms with Crippen LogP contribution in [0.1, 0.15) is 17.4 Å². The molecular formula is C13H12ClNO. The topological polar surface area (TPSA) is 33.1 Å². The number of aliphatic hydroxyl groups is 1. The molecule has 3 heteroatoms. The van der Waals surface area contributed by atoms with Crippen molar-refractivity contribution < 1.29 is 5.11 Å². The average Bonchev–Trinajstić information content (AvgIpc) is 2.33. The van der Waals surface area contributed by atoms with Crippen LogP contribution in [-0.2, 0) is 6.42 Å². The Morgan fingerprint density at radius 3 is 2.50 bits per heavy atom. The summed E-state index contributed by atoms with van der Waals surface area (Å²) < 4.78 is 0. The van der Waals surface area contributed by atoms with Crippen LogP contribution in [0.4, 0.5) is 0 Å². The van der Waals surface area contributed by atoms with Gasteiger partial charge in [-0.2, -0.15) is 0 Å². The van der Waals surface area contributed by atoms with Crippen LogP contribution in [0, 0.1) is 0 Å². The summed E-state index contributed by atoms with van der Waals surface area (Å²) in [7, 11) is 0. The number of rotatable bonds is 3. The molecule has 0 fully saturated rings. The lowest BCUT2D eigenvalue weighted by atomic mass is 10.0. The number of halogens is 1. The fourth-order valence-corrected chi connectivity index (χ4v) is 1.63. The molecular weight excluding hydrogens is 222 g/mol. The first-order valence-electron chi connectivity index (χ1n) is 5.09. The van der Waals surface area contributed by atoms with Crippen LogP contribution in [0.15, 0.2) is 48.7 Å². The quantitative estimate of drug-likeness (QED) is 0.884. The van der Waals surface area contributed by atoms with Gasteiger partial charge in [0.15, 0.2) is 0 Å². The molecule has 0 aliphatic rings. The molecule has 0 saturated heterocycles. The Bertz CT molecular complexity index is 441. The lowest BCUT2D eigenvalue weighted by molar-refractivity contribution is 0.177. The van der Waals surface area contributed by atoms with Crippen molar-refractivity contribution in [2.45, 2.75) is 12.5 Å². The van der Waals surface area contributed by atoms with Crippen LogP contribution >= 0.6 is 11.6 Å². The Morgan fingerprint density at radius 2 is 1.88 bits per heavy atom. The smallest absolute Gasteiger partial charge is 0.0845 e. The molecule has 0 bridgehead atoms. The van der Waals surface area contributed by atoms with Crippen LogP contribution in [0.25, 0.3) is 0 Å². The van der Waals surface area contributed by atoms with Crippen molar-refractivity contribution in [1.82, 2.24) is 4.98 Å². The number of aliphatic hydroxyl groups excluding tert-OH is 1. The lowest BCUT2D eigenvalue weighted by Gasteiger charge is -2.10. The van der Waals surface area contributed by atoms with E-state index < -0.39 is 6.10 Å². The van der Waals surface area contributed by atoms with Crippen LogP contribution in [0.5, 0.6) is 0 Å². The molecule has 2 aromatic rings. The largest absolute Gasteiger partial charge is 0.388 e. The number of benzene rings is 1. The molecule has 2 nitrogen and oxygen atoms in total. The molecule has 1 atom stereocenters. The van der Waals surface area contributed by atoms with Crippen molar-refractivity contribution in [1.29, 1.82) is 0 Å². The van der Waals surface area contributed by atoms with Crippen molar-refractivity contribution in [3.8, 4) is 0 Å². The zero-order valence-corrected chi connectivity index (χ0v) is 9.43. The van der Waals surface area contributed by atoms with Gasteiger partial charge in [-0.1, -0.05) is 41.9 Å². The molecule has 0 amide bonds. The molecule has 82 valence electrons. The molecule has 1 heterocycles. The van der Waals surface area contributed by atoms with Gasteiger partial charge in [-0.25, -0.2) is 0 Å². The molecule has 16 heavy (non-hydrogen) atoms. The zero-order chi connectivity index (χ0) is 11.4. The highest BCUT2D eigenvalue weighted by Crippen LogP contribution is 2.17. The minimum absolute atomic E-state index is 0.501. The van der Waals surface area contributed by atoms with Crippen LogP contribution in [0.2, 0.25) is 5.02 Å². The molecule has 1 unspecified atom stereocenters. The molecule has 0 aliphatic carbocycles. The highest BCUT2D eigenvalue weighted by molar-refractivity contribution is 6.30. The average molecular weight is 234 g/mol. The maximum absolute atomic E-state index is 9.97. The van der Waals surface area contributed by atoms with E-state index in [2.05, 4.69) is 4.98 Å². The zero-order valence-electron chi connectivity index (χ0n) is 8.68. The minimum atomic E-state index is -0.519. The van der Waals surface area contributed by atoms with Gasteiger partial charge >= 0.3 is 0 Å². The molecule has 0 aliphatic heterocycles. The second-order valence-corrected chi connectivity index (χ2v) is 4.03. The van der Waals surface area contributed by atoms with Crippen molar-refractivity contribution in [3.63, 3.8) is 0 Å². The van der Waals surface area contributed by atoms with Crippen LogP contribution in [-0.4, -0.2) is 10.1 Å². The Kier molecular flexibility index (Phi) is 3.54. The standard InChI is InChI=1S/C13H12ClNO/c14-11-6-7-12(15-9-11)8-13(16)10-4-2-1-3-5-10/h1-7,9,13,16H,8H2. The maximum atomic E-state index is 9.97. The Morgan fingerprint density at radius 1 is 1.12 bits per heavy atom. The van der Waals surface area contributed by atoms with Gasteiger partial charge in [0.25, 0.3) is 0 Å². The minimum Gasteiger partial charge on any atom is -0.388 e. The predicted octanol–water partition coefficient (Wildman–Crippen LogP) is 3.01. The van der Waals surface area contributed by atoms with Crippen molar-refractivity contribution in [2.24, 2.45) is 0 Å². The molecule has 2 rings (SSSR count). The van der Waals surface area contributed by atoms with Crippen molar-refractivity contribution >= 4 is 11.6 Å². The van der Waals surface area contributed by atoms with E-state index >= 15 is 0 Å². The summed E-state index contributed by atoms with van der Waals surface area (Å²) in [6.45, 7) is 0. The van der Waals surface area contributed by atoms with E-state index in [0.29, 0.717) is 11.4 Å². The predicted molar refractivity (Wildman–Crippen MR) is 64.4 cm³/mol. The Labute approximate surface area is 99.5 Å². The fraction of sp³-hybridized carbons (Fsp3) is 0.154. The first-order chi connectivity index (χ1) is 7.75. The van der Waals surface area contributed by atoms with Crippen molar-refractivity contribution in [3.05, 3.63) is 64.9 Å². The fourth-order valence-electron chi connectivity index (χ4n) is 1.52. The molecule has 1 aromatic carbocycles. The summed E-state index contributed by atoms with van der Waals surface area (Å²) in [5, 5.41) is 10.6. The van der Waals surface area contributed by atoms with E-state index in [4.69, 9.17) is 11.6 Å². The van der Waals surface area contributed by atoms with Gasteiger partial charge in [0, 0.05) is 18.3 Å². The summed E-state index contributed by atoms with van der Waals surface area (Å²) in [6, 6.07) is 13.2. The third-order valence-electron chi connectivity index (χ3n) is 2.38. The highest BCUT2D eigenvalue weighted by atomic mass is 35.5. The lowest BCUT2D eigenvalue weighted by Crippen LogP contribution is -2.02. The van der Waals surface area contributed by atoms with Gasteiger partial charge in [-0.3, -0.25) is 4.98 Å². The summed E-state index contributed by atoms with van der Waals surface area (Å²) in [5.74, 6) is 0. The molecule has 0 saturated carbocycles. The number of hydrogen-bond acceptors (Lipinski definition) is 2. The first-order valence-corrected chi connectivity index (χ1v) is 5.47. The van der Waals surface area contributed by atoms with Crippen LogP contribution in [0.3, 0.4) is 0 Å². The highest BCUT2D eigenvalue weighted by Gasteiger charge is 2.08. The summed E-state index contributed by atoms with van der Waals surface area (Å²) in [5.41, 5.74) is 1.74. The van der Waals surface area contributed by atoms with Crippen molar-refractivity contribution in [2.75, 3.05) is 0 Å². The molecule has 1 N–H and O–H groups in total. The van der Waals surface area contributed by atoms with E-state index in [1.54, 1.807) is 12.3 Å². The normalized spacial score (nSPS) is 12.4. The van der Waals surface area contributed by atoms with E-state index in [9.17, 15) is 5.11 Å². The van der Waals surface area contributed by atoms with Gasteiger partial charge in [-0.05, 0) is 17.7 Å². The Hall–Kier alpha value is -1.38. The van der Waals surface area contributed by atoms with E-state index in [0.717, 1.165) is 11.3 Å². The number of pyridine rings is 1. The van der Waals surface area contributed by atoms with E-state index in [1.807, 2.05) is 36.4 Å². The summed E-state index contributed by atoms with van der Waals surface area (Å²) >= 11 is 5.74.